The van der Waals surface area contributed by atoms with Crippen molar-refractivity contribution in [2.45, 2.75) is 38.9 Å². The Morgan fingerprint density at radius 1 is 1.10 bits per heavy atom. The number of aromatic nitrogens is 2. The van der Waals surface area contributed by atoms with Crippen molar-refractivity contribution in [2.75, 3.05) is 18.8 Å². The second-order valence-corrected chi connectivity index (χ2v) is 7.19. The fourth-order valence-electron chi connectivity index (χ4n) is 3.39. The topological polar surface area (TPSA) is 133 Å². The molecule has 9 nitrogen and oxygen atoms in total. The highest BCUT2D eigenvalue weighted by Crippen LogP contribution is 2.26. The number of Topliss-reactive ketones (excluding diaryl/α,β-unsaturated/α-hetero) is 1. The van der Waals surface area contributed by atoms with E-state index in [1.165, 1.54) is 4.57 Å². The van der Waals surface area contributed by atoms with E-state index in [1.807, 2.05) is 30.3 Å². The lowest BCUT2D eigenvalue weighted by Gasteiger charge is -2.21. The third kappa shape index (κ3) is 4.45. The van der Waals surface area contributed by atoms with Crippen molar-refractivity contribution in [3.05, 3.63) is 62.3 Å². The summed E-state index contributed by atoms with van der Waals surface area (Å²) in [7, 11) is 0. The van der Waals surface area contributed by atoms with E-state index in [0.29, 0.717) is 0 Å². The fourth-order valence-corrected chi connectivity index (χ4v) is 3.39. The number of benzene rings is 1. The van der Waals surface area contributed by atoms with Crippen LogP contribution in [0.5, 0.6) is 0 Å². The van der Waals surface area contributed by atoms with Crippen molar-refractivity contribution in [3.63, 3.8) is 0 Å². The van der Waals surface area contributed by atoms with Crippen LogP contribution in [0.15, 0.2) is 39.9 Å². The number of amides is 1. The second-order valence-electron chi connectivity index (χ2n) is 7.19. The van der Waals surface area contributed by atoms with Crippen LogP contribution in [0.4, 0.5) is 5.82 Å². The number of anilines is 1. The average molecular weight is 399 g/mol. The maximum atomic E-state index is 13.0. The van der Waals surface area contributed by atoms with Crippen molar-refractivity contribution < 1.29 is 9.59 Å². The summed E-state index contributed by atoms with van der Waals surface area (Å²) in [6.07, 6.45) is 1.73. The first-order chi connectivity index (χ1) is 13.8. The van der Waals surface area contributed by atoms with Crippen LogP contribution in [-0.4, -0.2) is 44.9 Å². The molecule has 0 saturated heterocycles. The van der Waals surface area contributed by atoms with E-state index in [4.69, 9.17) is 11.5 Å². The number of hydrogen-bond donors (Lipinski definition) is 2. The van der Waals surface area contributed by atoms with Crippen LogP contribution in [0.25, 0.3) is 0 Å². The van der Waals surface area contributed by atoms with E-state index < -0.39 is 22.9 Å². The Morgan fingerprint density at radius 2 is 1.76 bits per heavy atom. The van der Waals surface area contributed by atoms with Crippen LogP contribution >= 0.6 is 0 Å². The minimum atomic E-state index is -0.709. The van der Waals surface area contributed by atoms with Gasteiger partial charge in [0, 0.05) is 12.6 Å². The van der Waals surface area contributed by atoms with Gasteiger partial charge in [-0.3, -0.25) is 28.4 Å². The molecule has 1 aromatic heterocycles. The minimum absolute atomic E-state index is 0.0675. The molecule has 4 N–H and O–H groups in total. The Morgan fingerprint density at radius 3 is 2.31 bits per heavy atom. The third-order valence-corrected chi connectivity index (χ3v) is 5.02. The first-order valence-electron chi connectivity index (χ1n) is 9.56. The maximum absolute atomic E-state index is 13.0. The molecule has 1 aromatic carbocycles. The van der Waals surface area contributed by atoms with Crippen LogP contribution in [0.3, 0.4) is 0 Å². The molecule has 9 heteroatoms. The van der Waals surface area contributed by atoms with Gasteiger partial charge in [-0.1, -0.05) is 30.3 Å². The first-order valence-corrected chi connectivity index (χ1v) is 9.56. The highest BCUT2D eigenvalue weighted by Gasteiger charge is 2.33. The quantitative estimate of drug-likeness (QED) is 0.561. The SMILES string of the molecule is CCn1c(=O)c(C(=O)CN(CC(N)=O)C2CC2)c(N)n(Cc2ccccc2)c1=O. The summed E-state index contributed by atoms with van der Waals surface area (Å²) in [6.45, 7) is 1.69. The summed E-state index contributed by atoms with van der Waals surface area (Å²) in [5.41, 5.74) is 10.7. The van der Waals surface area contributed by atoms with Gasteiger partial charge in [-0.05, 0) is 25.3 Å². The van der Waals surface area contributed by atoms with E-state index in [1.54, 1.807) is 11.8 Å². The molecular formula is C20H25N5O4. The Hall–Kier alpha value is -3.20. The molecule has 1 fully saturated rings. The van der Waals surface area contributed by atoms with Gasteiger partial charge in [0.2, 0.25) is 5.91 Å². The van der Waals surface area contributed by atoms with Gasteiger partial charge >= 0.3 is 5.69 Å². The average Bonchev–Trinajstić information content (AvgIpc) is 3.51. The number of nitrogen functional groups attached to an aromatic ring is 1. The summed E-state index contributed by atoms with van der Waals surface area (Å²) >= 11 is 0. The van der Waals surface area contributed by atoms with E-state index in [-0.39, 0.29) is 43.6 Å². The zero-order valence-corrected chi connectivity index (χ0v) is 16.3. The molecule has 1 amide bonds. The van der Waals surface area contributed by atoms with Gasteiger partial charge in [0.05, 0.1) is 19.6 Å². The molecule has 0 spiro atoms. The first kappa shape index (κ1) is 20.5. The molecule has 0 unspecified atom stereocenters. The van der Waals surface area contributed by atoms with Crippen LogP contribution in [0, 0.1) is 0 Å². The van der Waals surface area contributed by atoms with E-state index >= 15 is 0 Å². The number of primary amides is 1. The Bertz CT molecular complexity index is 1040. The number of rotatable bonds is 9. The predicted molar refractivity (Wildman–Crippen MR) is 109 cm³/mol. The summed E-state index contributed by atoms with van der Waals surface area (Å²) in [5.74, 6) is -1.23. The molecule has 29 heavy (non-hydrogen) atoms. The van der Waals surface area contributed by atoms with E-state index in [0.717, 1.165) is 23.0 Å². The molecule has 0 radical (unpaired) electrons. The van der Waals surface area contributed by atoms with Crippen LogP contribution < -0.4 is 22.7 Å². The molecule has 154 valence electrons. The maximum Gasteiger partial charge on any atom is 0.332 e. The highest BCUT2D eigenvalue weighted by molar-refractivity contribution is 6.01. The lowest BCUT2D eigenvalue weighted by molar-refractivity contribution is -0.119. The largest absolute Gasteiger partial charge is 0.384 e. The van der Waals surface area contributed by atoms with Gasteiger partial charge in [-0.2, -0.15) is 0 Å². The van der Waals surface area contributed by atoms with Gasteiger partial charge in [-0.15, -0.1) is 0 Å². The predicted octanol–water partition coefficient (Wildman–Crippen LogP) is -0.207. The third-order valence-electron chi connectivity index (χ3n) is 5.02. The molecular weight excluding hydrogens is 374 g/mol. The monoisotopic (exact) mass is 399 g/mol. The Kier molecular flexibility index (Phi) is 5.97. The van der Waals surface area contributed by atoms with Gasteiger partial charge < -0.3 is 11.5 Å². The summed E-state index contributed by atoms with van der Waals surface area (Å²) in [5, 5.41) is 0. The van der Waals surface area contributed by atoms with Crippen molar-refractivity contribution >= 4 is 17.5 Å². The number of hydrogen-bond acceptors (Lipinski definition) is 6. The van der Waals surface area contributed by atoms with Gasteiger partial charge in [0.25, 0.3) is 5.56 Å². The lowest BCUT2D eigenvalue weighted by Crippen LogP contribution is -2.46. The molecule has 1 saturated carbocycles. The van der Waals surface area contributed by atoms with Gasteiger partial charge in [-0.25, -0.2) is 4.79 Å². The Balaban J connectivity index is 2.02. The molecule has 3 rings (SSSR count). The highest BCUT2D eigenvalue weighted by atomic mass is 16.2. The van der Waals surface area contributed by atoms with Crippen LogP contribution in [-0.2, 0) is 17.9 Å². The van der Waals surface area contributed by atoms with E-state index in [2.05, 4.69) is 0 Å². The number of ketones is 1. The zero-order valence-electron chi connectivity index (χ0n) is 16.3. The van der Waals surface area contributed by atoms with Crippen molar-refractivity contribution in [1.82, 2.24) is 14.0 Å². The molecule has 0 atom stereocenters. The summed E-state index contributed by atoms with van der Waals surface area (Å²) < 4.78 is 2.24. The number of carbonyl (C=O) groups is 2. The normalized spacial score (nSPS) is 13.6. The molecule has 2 aromatic rings. The number of nitrogens with zero attached hydrogens (tertiary/aromatic N) is 3. The molecule has 1 aliphatic carbocycles. The van der Waals surface area contributed by atoms with Gasteiger partial charge in [0.15, 0.2) is 5.78 Å². The van der Waals surface area contributed by atoms with Crippen LogP contribution in [0.1, 0.15) is 35.7 Å². The van der Waals surface area contributed by atoms with Crippen LogP contribution in [0.2, 0.25) is 0 Å². The Labute approximate surface area is 167 Å². The summed E-state index contributed by atoms with van der Waals surface area (Å²) in [6, 6.07) is 9.26. The molecule has 1 aliphatic rings. The smallest absolute Gasteiger partial charge is 0.332 e. The standard InChI is InChI=1S/C20H25N5O4/c1-2-24-19(28)17(15(26)11-23(12-16(21)27)14-8-9-14)18(22)25(20(24)29)10-13-6-4-3-5-7-13/h3-7,14H,2,8-12,22H2,1H3,(H2,21,27). The second kappa shape index (κ2) is 8.44. The number of carbonyl (C=O) groups excluding carboxylic acids is 2. The molecule has 1 heterocycles. The zero-order chi connectivity index (χ0) is 21.1. The van der Waals surface area contributed by atoms with Crippen molar-refractivity contribution in [2.24, 2.45) is 5.73 Å². The minimum Gasteiger partial charge on any atom is -0.384 e. The number of nitrogens with two attached hydrogens (primary N) is 2. The molecule has 0 bridgehead atoms. The summed E-state index contributed by atoms with van der Waals surface area (Å²) in [4.78, 5) is 51.6. The lowest BCUT2D eigenvalue weighted by atomic mass is 10.1. The molecule has 0 aliphatic heterocycles. The van der Waals surface area contributed by atoms with Gasteiger partial charge in [0.1, 0.15) is 11.4 Å². The fraction of sp³-hybridized carbons (Fsp3) is 0.400. The van der Waals surface area contributed by atoms with E-state index in [9.17, 15) is 19.2 Å². The van der Waals surface area contributed by atoms with Crippen molar-refractivity contribution in [1.29, 1.82) is 0 Å². The van der Waals surface area contributed by atoms with Crippen molar-refractivity contribution in [3.8, 4) is 0 Å².